The summed E-state index contributed by atoms with van der Waals surface area (Å²) >= 11 is 0. The largest absolute Gasteiger partial charge is 0.378 e. The van der Waals surface area contributed by atoms with Crippen molar-refractivity contribution in [3.05, 3.63) is 0 Å². The second-order valence-corrected chi connectivity index (χ2v) is 11.0. The Morgan fingerprint density at radius 1 is 1.03 bits per heavy atom. The third kappa shape index (κ3) is 7.83. The van der Waals surface area contributed by atoms with Gasteiger partial charge in [0.05, 0.1) is 30.3 Å². The highest BCUT2D eigenvalue weighted by Crippen LogP contribution is 2.15. The van der Waals surface area contributed by atoms with Gasteiger partial charge in [-0.2, -0.15) is 0 Å². The van der Waals surface area contributed by atoms with Gasteiger partial charge in [-0.25, -0.2) is 8.42 Å². The molecule has 2 aliphatic rings. The number of nitrogens with one attached hydrogen (secondary N) is 1. The Bertz CT molecular complexity index is 652. The van der Waals surface area contributed by atoms with Crippen molar-refractivity contribution in [2.45, 2.75) is 25.5 Å². The number of rotatable bonds is 5. The maximum absolute atomic E-state index is 12.4. The number of aliphatic imine (C=N–C) groups is 1. The lowest BCUT2D eigenvalue weighted by atomic mass is 10.3. The van der Waals surface area contributed by atoms with E-state index in [1.807, 2.05) is 4.90 Å². The van der Waals surface area contributed by atoms with Gasteiger partial charge >= 0.3 is 0 Å². The van der Waals surface area contributed by atoms with Crippen molar-refractivity contribution in [1.82, 2.24) is 20.0 Å². The second-order valence-electron chi connectivity index (χ2n) is 8.16. The zero-order valence-corrected chi connectivity index (χ0v) is 21.2. The van der Waals surface area contributed by atoms with E-state index < -0.39 is 14.6 Å². The SMILES string of the molecule is CN=C(NCCS(=O)(=O)C(C)(C)C)N1CCN(CC(=O)N2CCOCC2)CC1.I. The number of halogens is 1. The molecule has 2 heterocycles. The van der Waals surface area contributed by atoms with E-state index in [1.165, 1.54) is 0 Å². The van der Waals surface area contributed by atoms with Gasteiger partial charge in [-0.1, -0.05) is 0 Å². The van der Waals surface area contributed by atoms with Crippen LogP contribution in [0.1, 0.15) is 20.8 Å². The van der Waals surface area contributed by atoms with Crippen molar-refractivity contribution >= 4 is 45.7 Å². The predicted octanol–water partition coefficient (Wildman–Crippen LogP) is -0.130. The molecule has 2 fully saturated rings. The molecule has 0 aliphatic carbocycles. The van der Waals surface area contributed by atoms with Crippen LogP contribution in [-0.2, 0) is 19.4 Å². The van der Waals surface area contributed by atoms with Crippen LogP contribution in [0.15, 0.2) is 4.99 Å². The highest BCUT2D eigenvalue weighted by molar-refractivity contribution is 14.0. The standard InChI is InChI=1S/C18H35N5O4S.HI/c1-18(2,3)28(25,26)14-5-20-17(19-4)23-8-6-21(7-9-23)15-16(24)22-10-12-27-13-11-22;/h5-15H2,1-4H3,(H,19,20);1H. The monoisotopic (exact) mass is 545 g/mol. The number of ether oxygens (including phenoxy) is 1. The number of carbonyl (C=O) groups excluding carboxylic acids is 1. The topological polar surface area (TPSA) is 94.6 Å². The van der Waals surface area contributed by atoms with Gasteiger partial charge in [0.1, 0.15) is 0 Å². The molecule has 0 unspecified atom stereocenters. The van der Waals surface area contributed by atoms with E-state index in [-0.39, 0.29) is 35.6 Å². The Morgan fingerprint density at radius 3 is 2.14 bits per heavy atom. The van der Waals surface area contributed by atoms with Gasteiger partial charge in [0.25, 0.3) is 0 Å². The van der Waals surface area contributed by atoms with E-state index in [0.29, 0.717) is 45.4 Å². The van der Waals surface area contributed by atoms with Crippen LogP contribution >= 0.6 is 24.0 Å². The van der Waals surface area contributed by atoms with E-state index in [0.717, 1.165) is 26.2 Å². The third-order valence-corrected chi connectivity index (χ3v) is 7.80. The van der Waals surface area contributed by atoms with E-state index in [2.05, 4.69) is 20.1 Å². The number of hydrogen-bond acceptors (Lipinski definition) is 6. The van der Waals surface area contributed by atoms with Gasteiger partial charge in [0, 0.05) is 52.9 Å². The van der Waals surface area contributed by atoms with E-state index in [4.69, 9.17) is 4.74 Å². The molecule has 2 aliphatic heterocycles. The van der Waals surface area contributed by atoms with Crippen molar-refractivity contribution in [3.63, 3.8) is 0 Å². The number of hydrogen-bond donors (Lipinski definition) is 1. The minimum atomic E-state index is -3.16. The van der Waals surface area contributed by atoms with Crippen molar-refractivity contribution in [2.75, 3.05) is 78.4 Å². The molecule has 0 bridgehead atoms. The Morgan fingerprint density at radius 2 is 1.62 bits per heavy atom. The number of morpholine rings is 1. The van der Waals surface area contributed by atoms with Gasteiger partial charge in [-0.05, 0) is 20.8 Å². The molecule has 0 radical (unpaired) electrons. The summed E-state index contributed by atoms with van der Waals surface area (Å²) in [6.45, 7) is 11.6. The molecule has 2 saturated heterocycles. The van der Waals surface area contributed by atoms with Crippen molar-refractivity contribution in [2.24, 2.45) is 4.99 Å². The lowest BCUT2D eigenvalue weighted by Gasteiger charge is -2.37. The summed E-state index contributed by atoms with van der Waals surface area (Å²) < 4.78 is 29.0. The molecule has 1 N–H and O–H groups in total. The Kier molecular flexibility index (Phi) is 10.6. The molecule has 170 valence electrons. The molecule has 1 amide bonds. The van der Waals surface area contributed by atoms with Gasteiger partial charge in [0.2, 0.25) is 5.91 Å². The summed E-state index contributed by atoms with van der Waals surface area (Å²) in [5.41, 5.74) is 0. The maximum atomic E-state index is 12.4. The number of guanidine groups is 1. The molecule has 0 aromatic rings. The Hall–Kier alpha value is -0.660. The average molecular weight is 545 g/mol. The molecule has 29 heavy (non-hydrogen) atoms. The highest BCUT2D eigenvalue weighted by Gasteiger charge is 2.29. The summed E-state index contributed by atoms with van der Waals surface area (Å²) in [6, 6.07) is 0. The number of sulfone groups is 1. The first-order valence-electron chi connectivity index (χ1n) is 9.90. The van der Waals surface area contributed by atoms with Crippen molar-refractivity contribution in [1.29, 1.82) is 0 Å². The van der Waals surface area contributed by atoms with Gasteiger partial charge < -0.3 is 19.9 Å². The van der Waals surface area contributed by atoms with Crippen LogP contribution in [0.25, 0.3) is 0 Å². The van der Waals surface area contributed by atoms with Crippen molar-refractivity contribution < 1.29 is 17.9 Å². The fourth-order valence-corrected chi connectivity index (χ4v) is 4.14. The molecule has 2 rings (SSSR count). The number of carbonyl (C=O) groups is 1. The lowest BCUT2D eigenvalue weighted by molar-refractivity contribution is -0.136. The molecule has 0 aromatic heterocycles. The number of piperazine rings is 1. The summed E-state index contributed by atoms with van der Waals surface area (Å²) in [4.78, 5) is 22.8. The van der Waals surface area contributed by atoms with Crippen LogP contribution < -0.4 is 5.32 Å². The fraction of sp³-hybridized carbons (Fsp3) is 0.889. The molecule has 9 nitrogen and oxygen atoms in total. The van der Waals surface area contributed by atoms with Gasteiger partial charge in [-0.3, -0.25) is 14.7 Å². The van der Waals surface area contributed by atoms with E-state index >= 15 is 0 Å². The molecular weight excluding hydrogens is 509 g/mol. The minimum Gasteiger partial charge on any atom is -0.378 e. The summed E-state index contributed by atoms with van der Waals surface area (Å²) in [5, 5.41) is 3.16. The van der Waals surface area contributed by atoms with Gasteiger partial charge in [0.15, 0.2) is 15.8 Å². The highest BCUT2D eigenvalue weighted by atomic mass is 127. The number of nitrogens with zero attached hydrogens (tertiary/aromatic N) is 4. The molecule has 0 atom stereocenters. The predicted molar refractivity (Wildman–Crippen MR) is 126 cm³/mol. The first kappa shape index (κ1) is 26.4. The first-order chi connectivity index (χ1) is 13.1. The van der Waals surface area contributed by atoms with Crippen LogP contribution in [0.4, 0.5) is 0 Å². The van der Waals surface area contributed by atoms with Crippen LogP contribution in [-0.4, -0.2) is 118 Å². The molecule has 11 heteroatoms. The van der Waals surface area contributed by atoms with E-state index in [9.17, 15) is 13.2 Å². The maximum Gasteiger partial charge on any atom is 0.236 e. The van der Waals surface area contributed by atoms with Crippen LogP contribution in [0.2, 0.25) is 0 Å². The lowest BCUT2D eigenvalue weighted by Crippen LogP contribution is -2.55. The smallest absolute Gasteiger partial charge is 0.236 e. The Balaban J connectivity index is 0.00000420. The van der Waals surface area contributed by atoms with E-state index in [1.54, 1.807) is 27.8 Å². The Labute approximate surface area is 192 Å². The minimum absolute atomic E-state index is 0. The zero-order chi connectivity index (χ0) is 20.8. The quantitative estimate of drug-likeness (QED) is 0.292. The molecule has 0 aromatic carbocycles. The number of amides is 1. The summed E-state index contributed by atoms with van der Waals surface area (Å²) in [5.74, 6) is 0.943. The average Bonchev–Trinajstić information content (AvgIpc) is 2.66. The molecule has 0 spiro atoms. The third-order valence-electron chi connectivity index (χ3n) is 5.19. The molecular formula is C18H36IN5O4S. The first-order valence-corrected chi connectivity index (χ1v) is 11.5. The van der Waals surface area contributed by atoms with Crippen LogP contribution in [0, 0.1) is 0 Å². The second kappa shape index (κ2) is 11.7. The van der Waals surface area contributed by atoms with Crippen molar-refractivity contribution in [3.8, 4) is 0 Å². The van der Waals surface area contributed by atoms with Crippen LogP contribution in [0.3, 0.4) is 0 Å². The summed E-state index contributed by atoms with van der Waals surface area (Å²) in [6.07, 6.45) is 0. The zero-order valence-electron chi connectivity index (χ0n) is 18.0. The fourth-order valence-electron chi connectivity index (χ4n) is 3.16. The summed E-state index contributed by atoms with van der Waals surface area (Å²) in [7, 11) is -1.46. The van der Waals surface area contributed by atoms with Gasteiger partial charge in [-0.15, -0.1) is 24.0 Å². The normalized spacial score (nSPS) is 19.7. The van der Waals surface area contributed by atoms with Crippen LogP contribution in [0.5, 0.6) is 0 Å². The molecule has 0 saturated carbocycles.